The third-order valence-electron chi connectivity index (χ3n) is 5.03. The molecule has 2 aromatic carbocycles. The summed E-state index contributed by atoms with van der Waals surface area (Å²) in [5, 5.41) is 14.2. The molecule has 0 bridgehead atoms. The molecule has 10 heteroatoms. The molecule has 0 saturated carbocycles. The van der Waals surface area contributed by atoms with E-state index in [0.717, 1.165) is 22.4 Å². The van der Waals surface area contributed by atoms with Gasteiger partial charge < -0.3 is 19.4 Å². The lowest BCUT2D eigenvalue weighted by Gasteiger charge is -2.08. The molecule has 0 spiro atoms. The van der Waals surface area contributed by atoms with E-state index in [2.05, 4.69) is 15.5 Å². The lowest BCUT2D eigenvalue weighted by Crippen LogP contribution is -2.16. The van der Waals surface area contributed by atoms with Crippen molar-refractivity contribution in [2.75, 3.05) is 25.3 Å². The Hall–Kier alpha value is -3.63. The highest BCUT2D eigenvalue weighted by molar-refractivity contribution is 7.99. The van der Waals surface area contributed by atoms with E-state index in [0.29, 0.717) is 21.5 Å². The molecule has 2 aromatic heterocycles. The average Bonchev–Trinajstić information content (AvgIpc) is 3.46. The number of hydrogen-bond donors (Lipinski definition) is 1. The number of carbonyl (C=O) groups is 2. The van der Waals surface area contributed by atoms with E-state index in [9.17, 15) is 9.59 Å². The monoisotopic (exact) mass is 494 g/mol. The highest BCUT2D eigenvalue weighted by atomic mass is 32.2. The minimum Gasteiger partial charge on any atom is -0.497 e. The van der Waals surface area contributed by atoms with Crippen LogP contribution in [0.5, 0.6) is 5.75 Å². The van der Waals surface area contributed by atoms with Crippen molar-refractivity contribution in [3.8, 4) is 28.3 Å². The summed E-state index contributed by atoms with van der Waals surface area (Å²) in [5.41, 5.74) is 2.83. The minimum absolute atomic E-state index is 0.105. The number of anilines is 1. The van der Waals surface area contributed by atoms with Crippen molar-refractivity contribution in [1.82, 2.24) is 14.8 Å². The predicted molar refractivity (Wildman–Crippen MR) is 133 cm³/mol. The summed E-state index contributed by atoms with van der Waals surface area (Å²) in [6, 6.07) is 17.0. The Balaban J connectivity index is 1.46. The lowest BCUT2D eigenvalue weighted by molar-refractivity contribution is -0.113. The quantitative estimate of drug-likeness (QED) is 0.279. The van der Waals surface area contributed by atoms with Gasteiger partial charge in [-0.25, -0.2) is 4.79 Å². The summed E-state index contributed by atoms with van der Waals surface area (Å²) < 4.78 is 12.0. The van der Waals surface area contributed by atoms with Gasteiger partial charge in [0.1, 0.15) is 16.3 Å². The third kappa shape index (κ3) is 4.97. The summed E-state index contributed by atoms with van der Waals surface area (Å²) in [7, 11) is 4.79. The van der Waals surface area contributed by atoms with Crippen LogP contribution < -0.4 is 10.1 Å². The van der Waals surface area contributed by atoms with Crippen molar-refractivity contribution in [1.29, 1.82) is 0 Å². The first kappa shape index (κ1) is 23.5. The smallest absolute Gasteiger partial charge is 0.341 e. The molecule has 174 valence electrons. The number of hydrogen-bond acceptors (Lipinski definition) is 8. The summed E-state index contributed by atoms with van der Waals surface area (Å²) in [5.74, 6) is 0.788. The Morgan fingerprint density at radius 2 is 1.76 bits per heavy atom. The molecule has 0 atom stereocenters. The van der Waals surface area contributed by atoms with Crippen LogP contribution in [0.4, 0.5) is 5.00 Å². The highest BCUT2D eigenvalue weighted by Gasteiger charge is 2.22. The number of ether oxygens (including phenoxy) is 2. The topological polar surface area (TPSA) is 95.3 Å². The van der Waals surface area contributed by atoms with Crippen molar-refractivity contribution in [2.45, 2.75) is 5.16 Å². The van der Waals surface area contributed by atoms with Crippen LogP contribution in [0.25, 0.3) is 22.5 Å². The maximum atomic E-state index is 12.7. The van der Waals surface area contributed by atoms with Gasteiger partial charge in [-0.3, -0.25) is 4.79 Å². The molecule has 34 heavy (non-hydrogen) atoms. The molecule has 0 saturated heterocycles. The van der Waals surface area contributed by atoms with Gasteiger partial charge in [-0.05, 0) is 29.8 Å². The largest absolute Gasteiger partial charge is 0.497 e. The molecule has 2 heterocycles. The molecule has 0 aliphatic rings. The summed E-state index contributed by atoms with van der Waals surface area (Å²) in [6.07, 6.45) is 0. The van der Waals surface area contributed by atoms with Gasteiger partial charge in [-0.1, -0.05) is 42.1 Å². The number of thioether (sulfide) groups is 1. The Labute approximate surface area is 204 Å². The fourth-order valence-corrected chi connectivity index (χ4v) is 4.99. The van der Waals surface area contributed by atoms with Gasteiger partial charge in [0.05, 0.1) is 20.0 Å². The normalized spacial score (nSPS) is 10.7. The number of nitrogens with one attached hydrogen (secondary N) is 1. The van der Waals surface area contributed by atoms with Crippen LogP contribution >= 0.6 is 23.1 Å². The van der Waals surface area contributed by atoms with Crippen LogP contribution in [0.3, 0.4) is 0 Å². The van der Waals surface area contributed by atoms with Gasteiger partial charge in [-0.15, -0.1) is 21.5 Å². The van der Waals surface area contributed by atoms with Crippen molar-refractivity contribution < 1.29 is 19.1 Å². The summed E-state index contributed by atoms with van der Waals surface area (Å²) in [6.45, 7) is 0. The van der Waals surface area contributed by atoms with Crippen LogP contribution in [-0.4, -0.2) is 46.6 Å². The van der Waals surface area contributed by atoms with Gasteiger partial charge in [0.2, 0.25) is 5.91 Å². The number of benzene rings is 2. The number of thiophene rings is 1. The van der Waals surface area contributed by atoms with Crippen LogP contribution in [0.2, 0.25) is 0 Å². The number of rotatable bonds is 8. The third-order valence-corrected chi connectivity index (χ3v) is 6.95. The van der Waals surface area contributed by atoms with Gasteiger partial charge >= 0.3 is 5.97 Å². The standard InChI is InChI=1S/C24H22N4O4S2/c1-28-21(16-9-11-17(31-2)12-10-16)26-27-24(28)34-14-19(29)25-22-20(23(30)32-3)18(13-33-22)15-7-5-4-6-8-15/h4-13H,14H2,1-3H3,(H,25,29). The van der Waals surface area contributed by atoms with Crippen LogP contribution in [-0.2, 0) is 16.6 Å². The van der Waals surface area contributed by atoms with E-state index in [1.165, 1.54) is 30.2 Å². The molecule has 0 unspecified atom stereocenters. The average molecular weight is 495 g/mol. The summed E-state index contributed by atoms with van der Waals surface area (Å²) in [4.78, 5) is 25.2. The van der Waals surface area contributed by atoms with Crippen molar-refractivity contribution in [3.05, 3.63) is 65.5 Å². The number of amides is 1. The van der Waals surface area contributed by atoms with E-state index in [-0.39, 0.29) is 11.7 Å². The minimum atomic E-state index is -0.500. The fourth-order valence-electron chi connectivity index (χ4n) is 3.31. The van der Waals surface area contributed by atoms with E-state index >= 15 is 0 Å². The van der Waals surface area contributed by atoms with E-state index < -0.39 is 5.97 Å². The van der Waals surface area contributed by atoms with Crippen molar-refractivity contribution in [2.24, 2.45) is 7.05 Å². The van der Waals surface area contributed by atoms with E-state index in [1.54, 1.807) is 7.11 Å². The number of carbonyl (C=O) groups excluding carboxylic acids is 2. The second-order valence-electron chi connectivity index (χ2n) is 7.14. The first-order chi connectivity index (χ1) is 16.5. The Morgan fingerprint density at radius 3 is 2.44 bits per heavy atom. The van der Waals surface area contributed by atoms with E-state index in [4.69, 9.17) is 9.47 Å². The molecular weight excluding hydrogens is 472 g/mol. The molecular formula is C24H22N4O4S2. The highest BCUT2D eigenvalue weighted by Crippen LogP contribution is 2.36. The molecule has 0 fully saturated rings. The summed E-state index contributed by atoms with van der Waals surface area (Å²) >= 11 is 2.55. The maximum absolute atomic E-state index is 12.7. The predicted octanol–water partition coefficient (Wildman–Crippen LogP) is 4.74. The van der Waals surface area contributed by atoms with Gasteiger partial charge in [0.15, 0.2) is 11.0 Å². The first-order valence-electron chi connectivity index (χ1n) is 10.2. The van der Waals surface area contributed by atoms with Crippen LogP contribution in [0.15, 0.2) is 65.1 Å². The second-order valence-corrected chi connectivity index (χ2v) is 8.96. The zero-order valence-electron chi connectivity index (χ0n) is 18.8. The van der Waals surface area contributed by atoms with Crippen molar-refractivity contribution >= 4 is 40.0 Å². The first-order valence-corrected chi connectivity index (χ1v) is 12.1. The lowest BCUT2D eigenvalue weighted by atomic mass is 10.0. The van der Waals surface area contributed by atoms with Crippen LogP contribution in [0.1, 0.15) is 10.4 Å². The number of methoxy groups -OCH3 is 2. The SMILES string of the molecule is COC(=O)c1c(-c2ccccc2)csc1NC(=O)CSc1nnc(-c2ccc(OC)cc2)n1C. The van der Waals surface area contributed by atoms with Gasteiger partial charge in [0.25, 0.3) is 0 Å². The Morgan fingerprint density at radius 1 is 1.03 bits per heavy atom. The zero-order chi connectivity index (χ0) is 24.1. The van der Waals surface area contributed by atoms with Gasteiger partial charge in [0, 0.05) is 23.6 Å². The number of esters is 1. The number of nitrogens with zero attached hydrogens (tertiary/aromatic N) is 3. The maximum Gasteiger partial charge on any atom is 0.341 e. The van der Waals surface area contributed by atoms with Crippen molar-refractivity contribution in [3.63, 3.8) is 0 Å². The number of aromatic nitrogens is 3. The molecule has 8 nitrogen and oxygen atoms in total. The molecule has 0 radical (unpaired) electrons. The molecule has 0 aliphatic heterocycles. The Bertz CT molecular complexity index is 1300. The fraction of sp³-hybridized carbons (Fsp3) is 0.167. The van der Waals surface area contributed by atoms with Gasteiger partial charge in [-0.2, -0.15) is 0 Å². The molecule has 1 amide bonds. The zero-order valence-corrected chi connectivity index (χ0v) is 20.4. The second kappa shape index (κ2) is 10.5. The molecule has 4 aromatic rings. The Kier molecular flexibility index (Phi) is 7.29. The van der Waals surface area contributed by atoms with Crippen LogP contribution in [0, 0.1) is 0 Å². The molecule has 0 aliphatic carbocycles. The molecule has 1 N–H and O–H groups in total. The molecule has 4 rings (SSSR count). The van der Waals surface area contributed by atoms with E-state index in [1.807, 2.05) is 71.6 Å².